The number of anilines is 2. The van der Waals surface area contributed by atoms with Gasteiger partial charge in [0.25, 0.3) is 5.91 Å². The van der Waals surface area contributed by atoms with Crippen LogP contribution < -0.4 is 20.3 Å². The summed E-state index contributed by atoms with van der Waals surface area (Å²) in [5, 5.41) is 6.35. The molecule has 0 saturated heterocycles. The molecule has 2 aromatic rings. The molecule has 26 heavy (non-hydrogen) atoms. The molecule has 2 heterocycles. The Morgan fingerprint density at radius 3 is 2.77 bits per heavy atom. The van der Waals surface area contributed by atoms with Gasteiger partial charge in [-0.05, 0) is 50.1 Å². The Kier molecular flexibility index (Phi) is 5.42. The Bertz CT molecular complexity index is 774. The first-order valence-electron chi connectivity index (χ1n) is 8.92. The molecular formula is C20H26N4O2. The molecule has 1 aliphatic rings. The number of ether oxygens (including phenoxy) is 1. The van der Waals surface area contributed by atoms with Crippen LogP contribution in [0.15, 0.2) is 36.5 Å². The molecule has 0 saturated carbocycles. The molecule has 3 rings (SSSR count). The van der Waals surface area contributed by atoms with Crippen LogP contribution >= 0.6 is 0 Å². The standard InChI is InChI=1S/C20H26N4O2/c1-13(2)24(4)19-8-5-15(11-22-19)10-21-14(3)16-6-7-18-17(9-16)23-20(25)12-26-18/h5-9,11,13-14,21H,10,12H2,1-4H3,(H,23,25). The molecule has 0 radical (unpaired) electrons. The summed E-state index contributed by atoms with van der Waals surface area (Å²) in [5.41, 5.74) is 2.96. The van der Waals surface area contributed by atoms with Gasteiger partial charge in [0.15, 0.2) is 6.61 Å². The summed E-state index contributed by atoms with van der Waals surface area (Å²) >= 11 is 0. The highest BCUT2D eigenvalue weighted by molar-refractivity contribution is 5.95. The zero-order valence-corrected chi connectivity index (χ0v) is 15.7. The highest BCUT2D eigenvalue weighted by Crippen LogP contribution is 2.30. The van der Waals surface area contributed by atoms with Gasteiger partial charge >= 0.3 is 0 Å². The number of carbonyl (C=O) groups excluding carboxylic acids is 1. The van der Waals surface area contributed by atoms with E-state index >= 15 is 0 Å². The number of nitrogens with zero attached hydrogens (tertiary/aromatic N) is 2. The molecule has 6 heteroatoms. The molecule has 6 nitrogen and oxygen atoms in total. The lowest BCUT2D eigenvalue weighted by atomic mass is 10.1. The Morgan fingerprint density at radius 1 is 1.27 bits per heavy atom. The van der Waals surface area contributed by atoms with Crippen molar-refractivity contribution in [2.45, 2.75) is 39.4 Å². The Balaban J connectivity index is 1.61. The summed E-state index contributed by atoms with van der Waals surface area (Å²) in [6.07, 6.45) is 1.91. The highest BCUT2D eigenvalue weighted by atomic mass is 16.5. The van der Waals surface area contributed by atoms with Crippen molar-refractivity contribution in [2.75, 3.05) is 23.9 Å². The SMILES string of the molecule is CC(NCc1ccc(N(C)C(C)C)nc1)c1ccc2c(c1)NC(=O)CO2. The van der Waals surface area contributed by atoms with Gasteiger partial charge in [0.1, 0.15) is 11.6 Å². The van der Waals surface area contributed by atoms with Gasteiger partial charge < -0.3 is 20.3 Å². The Hall–Kier alpha value is -2.60. The van der Waals surface area contributed by atoms with Gasteiger partial charge in [0, 0.05) is 31.9 Å². The van der Waals surface area contributed by atoms with Crippen molar-refractivity contribution in [1.29, 1.82) is 0 Å². The first-order valence-corrected chi connectivity index (χ1v) is 8.92. The molecular weight excluding hydrogens is 328 g/mol. The van der Waals surface area contributed by atoms with Gasteiger partial charge in [-0.1, -0.05) is 12.1 Å². The average Bonchev–Trinajstić information content (AvgIpc) is 2.65. The summed E-state index contributed by atoms with van der Waals surface area (Å²) in [6, 6.07) is 10.6. The Labute approximate surface area is 154 Å². The lowest BCUT2D eigenvalue weighted by Gasteiger charge is -2.23. The predicted molar refractivity (Wildman–Crippen MR) is 104 cm³/mol. The summed E-state index contributed by atoms with van der Waals surface area (Å²) in [4.78, 5) is 18.2. The number of hydrogen-bond acceptors (Lipinski definition) is 5. The molecule has 0 bridgehead atoms. The van der Waals surface area contributed by atoms with Gasteiger partial charge in [-0.3, -0.25) is 4.79 Å². The van der Waals surface area contributed by atoms with Gasteiger partial charge in [-0.25, -0.2) is 4.98 Å². The first kappa shape index (κ1) is 18.2. The molecule has 0 aliphatic carbocycles. The van der Waals surface area contributed by atoms with E-state index in [1.165, 1.54) is 0 Å². The van der Waals surface area contributed by atoms with E-state index in [1.54, 1.807) is 0 Å². The minimum absolute atomic E-state index is 0.0785. The van der Waals surface area contributed by atoms with Crippen LogP contribution in [0.3, 0.4) is 0 Å². The van der Waals surface area contributed by atoms with Crippen LogP contribution in [0.25, 0.3) is 0 Å². The van der Waals surface area contributed by atoms with Gasteiger partial charge in [-0.2, -0.15) is 0 Å². The molecule has 2 N–H and O–H groups in total. The largest absolute Gasteiger partial charge is 0.482 e. The second-order valence-electron chi connectivity index (χ2n) is 6.92. The smallest absolute Gasteiger partial charge is 0.262 e. The maximum absolute atomic E-state index is 11.5. The second-order valence-corrected chi connectivity index (χ2v) is 6.92. The third-order valence-corrected chi connectivity index (χ3v) is 4.69. The van der Waals surface area contributed by atoms with Crippen LogP contribution in [0.1, 0.15) is 37.9 Å². The van der Waals surface area contributed by atoms with Gasteiger partial charge in [0.05, 0.1) is 5.69 Å². The van der Waals surface area contributed by atoms with Crippen LogP contribution in [0, 0.1) is 0 Å². The third kappa shape index (κ3) is 4.14. The number of pyridine rings is 1. The van der Waals surface area contributed by atoms with E-state index in [0.29, 0.717) is 6.04 Å². The van der Waals surface area contributed by atoms with E-state index in [4.69, 9.17) is 4.74 Å². The number of aromatic nitrogens is 1. The predicted octanol–water partition coefficient (Wildman–Crippen LogP) is 3.11. The van der Waals surface area contributed by atoms with E-state index in [0.717, 1.165) is 34.9 Å². The zero-order chi connectivity index (χ0) is 18.7. The maximum Gasteiger partial charge on any atom is 0.262 e. The third-order valence-electron chi connectivity index (χ3n) is 4.69. The molecule has 138 valence electrons. The fourth-order valence-corrected chi connectivity index (χ4v) is 2.75. The van der Waals surface area contributed by atoms with Crippen molar-refractivity contribution in [3.63, 3.8) is 0 Å². The van der Waals surface area contributed by atoms with Crippen LogP contribution in [0.5, 0.6) is 5.75 Å². The molecule has 1 aromatic carbocycles. The molecule has 1 amide bonds. The van der Waals surface area contributed by atoms with Gasteiger partial charge in [-0.15, -0.1) is 0 Å². The molecule has 1 aliphatic heterocycles. The van der Waals surface area contributed by atoms with E-state index in [9.17, 15) is 4.79 Å². The molecule has 1 unspecified atom stereocenters. The molecule has 0 spiro atoms. The number of nitrogens with one attached hydrogen (secondary N) is 2. The number of rotatable bonds is 6. The van der Waals surface area contributed by atoms with Crippen LogP contribution in [0.2, 0.25) is 0 Å². The molecule has 1 atom stereocenters. The van der Waals surface area contributed by atoms with E-state index < -0.39 is 0 Å². The van der Waals surface area contributed by atoms with Crippen LogP contribution in [0.4, 0.5) is 11.5 Å². The van der Waals surface area contributed by atoms with Crippen molar-refractivity contribution in [3.8, 4) is 5.75 Å². The minimum Gasteiger partial charge on any atom is -0.482 e. The van der Waals surface area contributed by atoms with Crippen LogP contribution in [-0.2, 0) is 11.3 Å². The maximum atomic E-state index is 11.5. The number of benzene rings is 1. The minimum atomic E-state index is -0.118. The normalized spacial score (nSPS) is 14.4. The van der Waals surface area contributed by atoms with Crippen molar-refractivity contribution in [2.24, 2.45) is 0 Å². The molecule has 0 fully saturated rings. The topological polar surface area (TPSA) is 66.5 Å². The fraction of sp³-hybridized carbons (Fsp3) is 0.400. The van der Waals surface area contributed by atoms with Gasteiger partial charge in [0.2, 0.25) is 0 Å². The van der Waals surface area contributed by atoms with Crippen molar-refractivity contribution in [3.05, 3.63) is 47.7 Å². The van der Waals surface area contributed by atoms with E-state index in [2.05, 4.69) is 47.4 Å². The van der Waals surface area contributed by atoms with E-state index in [-0.39, 0.29) is 18.6 Å². The van der Waals surface area contributed by atoms with Crippen molar-refractivity contribution < 1.29 is 9.53 Å². The quantitative estimate of drug-likeness (QED) is 0.834. The summed E-state index contributed by atoms with van der Waals surface area (Å²) in [7, 11) is 2.05. The lowest BCUT2D eigenvalue weighted by molar-refractivity contribution is -0.118. The van der Waals surface area contributed by atoms with Crippen LogP contribution in [-0.4, -0.2) is 30.6 Å². The molecule has 1 aromatic heterocycles. The summed E-state index contributed by atoms with van der Waals surface area (Å²) in [6.45, 7) is 7.19. The highest BCUT2D eigenvalue weighted by Gasteiger charge is 2.17. The number of hydrogen-bond donors (Lipinski definition) is 2. The summed E-state index contributed by atoms with van der Waals surface area (Å²) in [5.74, 6) is 1.57. The fourth-order valence-electron chi connectivity index (χ4n) is 2.75. The lowest BCUT2D eigenvalue weighted by Crippen LogP contribution is -2.26. The number of carbonyl (C=O) groups is 1. The number of amides is 1. The number of fused-ring (bicyclic) bond motifs is 1. The zero-order valence-electron chi connectivity index (χ0n) is 15.7. The summed E-state index contributed by atoms with van der Waals surface area (Å²) < 4.78 is 5.40. The van der Waals surface area contributed by atoms with Crippen molar-refractivity contribution in [1.82, 2.24) is 10.3 Å². The van der Waals surface area contributed by atoms with Crippen molar-refractivity contribution >= 4 is 17.4 Å². The monoisotopic (exact) mass is 354 g/mol. The average molecular weight is 354 g/mol. The Morgan fingerprint density at radius 2 is 2.08 bits per heavy atom. The second kappa shape index (κ2) is 7.74. The van der Waals surface area contributed by atoms with E-state index in [1.807, 2.05) is 37.5 Å². The first-order chi connectivity index (χ1) is 12.4.